The van der Waals surface area contributed by atoms with E-state index in [2.05, 4.69) is 15.3 Å². The molecule has 9 heteroatoms. The number of amides is 1. The number of benzene rings is 1. The number of hydrogen-bond donors (Lipinski definition) is 2. The molecular weight excluding hydrogens is 402 g/mol. The van der Waals surface area contributed by atoms with Crippen molar-refractivity contribution in [2.45, 2.75) is 18.1 Å². The number of nitrogens with one attached hydrogen (secondary N) is 1. The standard InChI is InChI=1S/C21H21N5O3S/c1-26-8-6-21(28,19(26)27)14-4-2-3-13(9-14)17-12-30-18(24-17)16-5-7-22-20(25-16)23-15-10-29-11-15/h2-5,7,9,12,15,28H,6,8,10-11H2,1H3,(H,22,23,25)/t21-/m1/s1. The molecular formula is C21H21N5O3S. The first kappa shape index (κ1) is 19.1. The molecule has 30 heavy (non-hydrogen) atoms. The fraction of sp³-hybridized carbons (Fsp3) is 0.333. The Morgan fingerprint density at radius 3 is 2.87 bits per heavy atom. The van der Waals surface area contributed by atoms with E-state index in [0.717, 1.165) is 22.0 Å². The number of carbonyl (C=O) groups excluding carboxylic acids is 1. The number of likely N-dealkylation sites (tertiary alicyclic amines) is 1. The highest BCUT2D eigenvalue weighted by molar-refractivity contribution is 7.13. The van der Waals surface area contributed by atoms with E-state index in [4.69, 9.17) is 9.72 Å². The molecule has 154 valence electrons. The Morgan fingerprint density at radius 2 is 2.13 bits per heavy atom. The summed E-state index contributed by atoms with van der Waals surface area (Å²) in [5, 5.41) is 16.9. The fourth-order valence-electron chi connectivity index (χ4n) is 3.63. The summed E-state index contributed by atoms with van der Waals surface area (Å²) < 4.78 is 5.17. The summed E-state index contributed by atoms with van der Waals surface area (Å²) >= 11 is 1.49. The van der Waals surface area contributed by atoms with E-state index >= 15 is 0 Å². The van der Waals surface area contributed by atoms with Gasteiger partial charge in [0.1, 0.15) is 10.7 Å². The Morgan fingerprint density at radius 1 is 1.27 bits per heavy atom. The van der Waals surface area contributed by atoms with Gasteiger partial charge in [0.25, 0.3) is 5.91 Å². The first-order valence-corrected chi connectivity index (χ1v) is 10.6. The molecule has 1 amide bonds. The lowest BCUT2D eigenvalue weighted by Crippen LogP contribution is -2.40. The van der Waals surface area contributed by atoms with E-state index in [0.29, 0.717) is 37.7 Å². The third-order valence-electron chi connectivity index (χ3n) is 5.50. The van der Waals surface area contributed by atoms with Crippen LogP contribution in [0.25, 0.3) is 22.0 Å². The first-order valence-electron chi connectivity index (χ1n) is 9.75. The number of anilines is 1. The average Bonchev–Trinajstić information content (AvgIpc) is 3.33. The van der Waals surface area contributed by atoms with Crippen LogP contribution in [0.1, 0.15) is 12.0 Å². The molecule has 2 fully saturated rings. The molecule has 1 atom stereocenters. The molecule has 0 bridgehead atoms. The average molecular weight is 423 g/mol. The lowest BCUT2D eigenvalue weighted by molar-refractivity contribution is -0.143. The van der Waals surface area contributed by atoms with E-state index in [9.17, 15) is 9.90 Å². The van der Waals surface area contributed by atoms with Crippen LogP contribution in [0.5, 0.6) is 0 Å². The molecule has 1 aromatic carbocycles. The first-order chi connectivity index (χ1) is 14.5. The van der Waals surface area contributed by atoms with Crippen LogP contribution in [0.15, 0.2) is 41.9 Å². The summed E-state index contributed by atoms with van der Waals surface area (Å²) in [6.07, 6.45) is 2.10. The summed E-state index contributed by atoms with van der Waals surface area (Å²) in [7, 11) is 1.71. The van der Waals surface area contributed by atoms with Crippen LogP contribution in [-0.2, 0) is 15.1 Å². The molecule has 0 radical (unpaired) electrons. The molecule has 5 rings (SSSR count). The minimum Gasteiger partial charge on any atom is -0.377 e. The molecule has 8 nitrogen and oxygen atoms in total. The van der Waals surface area contributed by atoms with Crippen molar-refractivity contribution in [1.82, 2.24) is 19.9 Å². The normalized spacial score (nSPS) is 21.7. The molecule has 0 spiro atoms. The van der Waals surface area contributed by atoms with Gasteiger partial charge in [-0.15, -0.1) is 11.3 Å². The maximum atomic E-state index is 12.4. The highest BCUT2D eigenvalue weighted by atomic mass is 32.1. The van der Waals surface area contributed by atoms with Crippen molar-refractivity contribution in [3.63, 3.8) is 0 Å². The van der Waals surface area contributed by atoms with Crippen LogP contribution in [-0.4, -0.2) is 63.7 Å². The number of ether oxygens (including phenoxy) is 1. The molecule has 2 aliphatic rings. The number of likely N-dealkylation sites (N-methyl/N-ethyl adjacent to an activating group) is 1. The van der Waals surface area contributed by atoms with Crippen LogP contribution in [0.3, 0.4) is 0 Å². The van der Waals surface area contributed by atoms with E-state index in [1.54, 1.807) is 24.2 Å². The number of aromatic nitrogens is 3. The third-order valence-corrected chi connectivity index (χ3v) is 6.36. The second-order valence-electron chi connectivity index (χ2n) is 7.60. The maximum Gasteiger partial charge on any atom is 0.258 e. The Hall–Kier alpha value is -2.88. The number of rotatable bonds is 5. The minimum atomic E-state index is -1.47. The van der Waals surface area contributed by atoms with E-state index in [1.165, 1.54) is 11.3 Å². The number of nitrogens with zero attached hydrogens (tertiary/aromatic N) is 4. The number of hydrogen-bond acceptors (Lipinski definition) is 8. The summed E-state index contributed by atoms with van der Waals surface area (Å²) in [6.45, 7) is 1.86. The van der Waals surface area contributed by atoms with Crippen LogP contribution in [0.4, 0.5) is 5.95 Å². The summed E-state index contributed by atoms with van der Waals surface area (Å²) in [6, 6.07) is 9.49. The summed E-state index contributed by atoms with van der Waals surface area (Å²) in [5.41, 5.74) is 1.50. The predicted octanol–water partition coefficient (Wildman–Crippen LogP) is 2.13. The van der Waals surface area contributed by atoms with Crippen molar-refractivity contribution in [3.05, 3.63) is 47.5 Å². The second kappa shape index (κ2) is 7.42. The molecule has 0 saturated carbocycles. The van der Waals surface area contributed by atoms with Crippen LogP contribution < -0.4 is 5.32 Å². The van der Waals surface area contributed by atoms with Crippen molar-refractivity contribution < 1.29 is 14.6 Å². The van der Waals surface area contributed by atoms with Crippen LogP contribution in [0.2, 0.25) is 0 Å². The Labute approximate surface area is 177 Å². The fourth-order valence-corrected chi connectivity index (χ4v) is 4.43. The second-order valence-corrected chi connectivity index (χ2v) is 8.46. The van der Waals surface area contributed by atoms with Gasteiger partial charge in [-0.2, -0.15) is 0 Å². The van der Waals surface area contributed by atoms with Gasteiger partial charge < -0.3 is 20.1 Å². The molecule has 2 N–H and O–H groups in total. The van der Waals surface area contributed by atoms with Crippen molar-refractivity contribution >= 4 is 23.2 Å². The predicted molar refractivity (Wildman–Crippen MR) is 113 cm³/mol. The zero-order valence-electron chi connectivity index (χ0n) is 16.4. The van der Waals surface area contributed by atoms with Gasteiger partial charge in [-0.05, 0) is 17.7 Å². The van der Waals surface area contributed by atoms with Gasteiger partial charge in [0.15, 0.2) is 5.60 Å². The van der Waals surface area contributed by atoms with Gasteiger partial charge in [0.05, 0.1) is 24.9 Å². The van der Waals surface area contributed by atoms with Crippen molar-refractivity contribution in [3.8, 4) is 22.0 Å². The minimum absolute atomic E-state index is 0.248. The molecule has 3 aromatic rings. The van der Waals surface area contributed by atoms with Gasteiger partial charge in [0, 0.05) is 37.2 Å². The number of aliphatic hydroxyl groups is 1. The van der Waals surface area contributed by atoms with E-state index in [-0.39, 0.29) is 11.9 Å². The monoisotopic (exact) mass is 423 g/mol. The molecule has 0 aliphatic carbocycles. The number of thiazole rings is 1. The maximum absolute atomic E-state index is 12.4. The molecule has 0 unspecified atom stereocenters. The lowest BCUT2D eigenvalue weighted by Gasteiger charge is -2.26. The highest BCUT2D eigenvalue weighted by Crippen LogP contribution is 2.35. The lowest BCUT2D eigenvalue weighted by atomic mass is 9.90. The Kier molecular flexibility index (Phi) is 4.73. The Balaban J connectivity index is 1.41. The topological polar surface area (TPSA) is 100 Å². The van der Waals surface area contributed by atoms with E-state index < -0.39 is 5.60 Å². The van der Waals surface area contributed by atoms with Crippen molar-refractivity contribution in [2.75, 3.05) is 32.1 Å². The Bertz CT molecular complexity index is 1100. The molecule has 4 heterocycles. The van der Waals surface area contributed by atoms with Gasteiger partial charge in [-0.1, -0.05) is 18.2 Å². The molecule has 2 aromatic heterocycles. The van der Waals surface area contributed by atoms with Gasteiger partial charge in [-0.3, -0.25) is 4.79 Å². The SMILES string of the molecule is CN1CC[C@@](O)(c2cccc(-c3csc(-c4ccnc(NC5COC5)n4)n3)c2)C1=O. The van der Waals surface area contributed by atoms with Gasteiger partial charge in [0.2, 0.25) is 5.95 Å². The van der Waals surface area contributed by atoms with Crippen molar-refractivity contribution in [2.24, 2.45) is 0 Å². The smallest absolute Gasteiger partial charge is 0.258 e. The van der Waals surface area contributed by atoms with E-state index in [1.807, 2.05) is 29.6 Å². The molecule has 2 saturated heterocycles. The zero-order valence-corrected chi connectivity index (χ0v) is 17.2. The number of carbonyl (C=O) groups is 1. The third kappa shape index (κ3) is 3.34. The quantitative estimate of drug-likeness (QED) is 0.648. The zero-order chi connectivity index (χ0) is 20.7. The van der Waals surface area contributed by atoms with Crippen LogP contribution in [0, 0.1) is 0 Å². The van der Waals surface area contributed by atoms with Crippen LogP contribution >= 0.6 is 11.3 Å². The van der Waals surface area contributed by atoms with Gasteiger partial charge >= 0.3 is 0 Å². The largest absolute Gasteiger partial charge is 0.377 e. The summed E-state index contributed by atoms with van der Waals surface area (Å²) in [5.74, 6) is 0.294. The highest BCUT2D eigenvalue weighted by Gasteiger charge is 2.45. The summed E-state index contributed by atoms with van der Waals surface area (Å²) in [4.78, 5) is 27.5. The van der Waals surface area contributed by atoms with Gasteiger partial charge in [-0.25, -0.2) is 15.0 Å². The van der Waals surface area contributed by atoms with Crippen molar-refractivity contribution in [1.29, 1.82) is 0 Å². The molecule has 2 aliphatic heterocycles.